The molecular weight excluding hydrogens is 424 g/mol. The Labute approximate surface area is 194 Å². The topological polar surface area (TPSA) is 105 Å². The lowest BCUT2D eigenvalue weighted by Crippen LogP contribution is -2.48. The summed E-state index contributed by atoms with van der Waals surface area (Å²) in [5.74, 6) is -1.87. The molecule has 33 heavy (non-hydrogen) atoms. The fourth-order valence-corrected chi connectivity index (χ4v) is 3.65. The van der Waals surface area contributed by atoms with Crippen molar-refractivity contribution in [2.45, 2.75) is 38.3 Å². The Morgan fingerprint density at radius 3 is 2.27 bits per heavy atom. The van der Waals surface area contributed by atoms with Gasteiger partial charge in [0, 0.05) is 7.11 Å². The van der Waals surface area contributed by atoms with Crippen LogP contribution in [0, 0.1) is 5.92 Å². The van der Waals surface area contributed by atoms with E-state index in [2.05, 4.69) is 5.32 Å². The molecule has 0 bridgehead atoms. The molecular formula is C25H32N2O6. The molecule has 3 atom stereocenters. The molecule has 2 aromatic rings. The summed E-state index contributed by atoms with van der Waals surface area (Å²) < 4.78 is 10.2. The van der Waals surface area contributed by atoms with E-state index in [1.54, 1.807) is 24.3 Å². The van der Waals surface area contributed by atoms with Crippen molar-refractivity contribution >= 4 is 18.3 Å². The fraction of sp³-hybridized carbons (Fsp3) is 0.400. The fourth-order valence-electron chi connectivity index (χ4n) is 3.65. The minimum atomic E-state index is -1.04. The maximum atomic E-state index is 13.5. The molecule has 2 N–H and O–H groups in total. The van der Waals surface area contributed by atoms with Crippen LogP contribution in [0.2, 0.25) is 0 Å². The maximum Gasteiger partial charge on any atom is 0.333 e. The first kappa shape index (κ1) is 26.0. The predicted octanol–water partition coefficient (Wildman–Crippen LogP) is 2.91. The Kier molecular flexibility index (Phi) is 11.1. The van der Waals surface area contributed by atoms with Crippen LogP contribution in [0.25, 0.3) is 0 Å². The standard InChI is InChI=1S/C25H32N2O6/c1-3-10-22(27(31)18-28)21(17-19-11-6-4-7-12-19)24(29)26-23(20-13-8-5-9-14-20)25(30)33-16-15-32-2/h4-9,11-14,18,21-23,31H,3,10,15-17H2,1-2H3,(H,26,29)/t21?,22-,23-/m0/s1. The van der Waals surface area contributed by atoms with Crippen molar-refractivity contribution in [3.05, 3.63) is 71.8 Å². The Hall–Kier alpha value is -3.23. The highest BCUT2D eigenvalue weighted by atomic mass is 16.6. The van der Waals surface area contributed by atoms with Crippen LogP contribution in [0.5, 0.6) is 0 Å². The SMILES string of the molecule is CCC[C@@H](C(Cc1ccccc1)C(=O)N[C@H](C(=O)OCCOC)c1ccccc1)N(O)C=O. The van der Waals surface area contributed by atoms with Crippen LogP contribution in [0.3, 0.4) is 0 Å². The van der Waals surface area contributed by atoms with Crippen molar-refractivity contribution in [2.24, 2.45) is 5.92 Å². The van der Waals surface area contributed by atoms with Gasteiger partial charge in [0.1, 0.15) is 6.61 Å². The van der Waals surface area contributed by atoms with E-state index < -0.39 is 29.9 Å². The second kappa shape index (κ2) is 14.0. The van der Waals surface area contributed by atoms with Crippen LogP contribution in [0.15, 0.2) is 60.7 Å². The third-order valence-electron chi connectivity index (χ3n) is 5.32. The molecule has 2 aromatic carbocycles. The molecule has 0 fully saturated rings. The minimum absolute atomic E-state index is 0.0516. The number of nitrogens with zero attached hydrogens (tertiary/aromatic N) is 1. The summed E-state index contributed by atoms with van der Waals surface area (Å²) in [6.45, 7) is 2.19. The lowest BCUT2D eigenvalue weighted by Gasteiger charge is -2.31. The number of nitrogens with one attached hydrogen (secondary N) is 1. The molecule has 0 radical (unpaired) electrons. The Balaban J connectivity index is 2.33. The number of carbonyl (C=O) groups is 3. The van der Waals surface area contributed by atoms with E-state index in [-0.39, 0.29) is 19.6 Å². The summed E-state index contributed by atoms with van der Waals surface area (Å²) in [5.41, 5.74) is 1.44. The largest absolute Gasteiger partial charge is 0.461 e. The molecule has 2 amide bonds. The monoisotopic (exact) mass is 456 g/mol. The molecule has 8 heteroatoms. The number of esters is 1. The van der Waals surface area contributed by atoms with Crippen LogP contribution in [-0.4, -0.2) is 54.9 Å². The molecule has 178 valence electrons. The number of hydrogen-bond acceptors (Lipinski definition) is 6. The van der Waals surface area contributed by atoms with Gasteiger partial charge in [-0.05, 0) is 24.0 Å². The second-order valence-corrected chi connectivity index (χ2v) is 7.65. The highest BCUT2D eigenvalue weighted by Gasteiger charge is 2.35. The molecule has 1 unspecified atom stereocenters. The first-order chi connectivity index (χ1) is 16.0. The van der Waals surface area contributed by atoms with E-state index in [0.717, 1.165) is 5.56 Å². The van der Waals surface area contributed by atoms with Gasteiger partial charge in [0.2, 0.25) is 12.3 Å². The molecule has 0 saturated heterocycles. The minimum Gasteiger partial charge on any atom is -0.461 e. The summed E-state index contributed by atoms with van der Waals surface area (Å²) in [5, 5.41) is 13.6. The first-order valence-electron chi connectivity index (χ1n) is 11.0. The van der Waals surface area contributed by atoms with Gasteiger partial charge in [-0.3, -0.25) is 14.8 Å². The molecule has 0 aliphatic rings. The predicted molar refractivity (Wildman–Crippen MR) is 122 cm³/mol. The third kappa shape index (κ3) is 8.00. The summed E-state index contributed by atoms with van der Waals surface area (Å²) in [6, 6.07) is 16.3. The summed E-state index contributed by atoms with van der Waals surface area (Å²) >= 11 is 0. The van der Waals surface area contributed by atoms with Crippen molar-refractivity contribution in [3.63, 3.8) is 0 Å². The number of benzene rings is 2. The van der Waals surface area contributed by atoms with Crippen molar-refractivity contribution in [1.29, 1.82) is 0 Å². The van der Waals surface area contributed by atoms with Crippen molar-refractivity contribution in [2.75, 3.05) is 20.3 Å². The number of ether oxygens (including phenoxy) is 2. The molecule has 0 aliphatic heterocycles. The van der Waals surface area contributed by atoms with Crippen molar-refractivity contribution < 1.29 is 29.1 Å². The summed E-state index contributed by atoms with van der Waals surface area (Å²) in [6.07, 6.45) is 1.64. The van der Waals surface area contributed by atoms with Gasteiger partial charge in [0.15, 0.2) is 6.04 Å². The molecule has 0 aromatic heterocycles. The zero-order chi connectivity index (χ0) is 24.1. The zero-order valence-corrected chi connectivity index (χ0v) is 19.1. The molecule has 8 nitrogen and oxygen atoms in total. The molecule has 0 heterocycles. The second-order valence-electron chi connectivity index (χ2n) is 7.65. The van der Waals surface area contributed by atoms with Gasteiger partial charge in [-0.15, -0.1) is 0 Å². The smallest absolute Gasteiger partial charge is 0.333 e. The highest BCUT2D eigenvalue weighted by Crippen LogP contribution is 2.23. The van der Waals surface area contributed by atoms with E-state index in [1.807, 2.05) is 43.3 Å². The summed E-state index contributed by atoms with van der Waals surface area (Å²) in [7, 11) is 1.50. The van der Waals surface area contributed by atoms with Gasteiger partial charge >= 0.3 is 5.97 Å². The number of methoxy groups -OCH3 is 1. The lowest BCUT2D eigenvalue weighted by molar-refractivity contribution is -0.169. The van der Waals surface area contributed by atoms with E-state index >= 15 is 0 Å². The highest BCUT2D eigenvalue weighted by molar-refractivity contribution is 5.87. The van der Waals surface area contributed by atoms with Crippen LogP contribution in [0.4, 0.5) is 0 Å². The van der Waals surface area contributed by atoms with Gasteiger partial charge in [-0.2, -0.15) is 0 Å². The van der Waals surface area contributed by atoms with Gasteiger partial charge in [-0.1, -0.05) is 74.0 Å². The molecule has 2 rings (SSSR count). The van der Waals surface area contributed by atoms with Gasteiger partial charge in [-0.25, -0.2) is 9.86 Å². The number of carbonyl (C=O) groups excluding carboxylic acids is 3. The first-order valence-corrected chi connectivity index (χ1v) is 11.0. The normalized spacial score (nSPS) is 13.4. The number of hydroxylamine groups is 2. The lowest BCUT2D eigenvalue weighted by atomic mass is 9.88. The van der Waals surface area contributed by atoms with Crippen LogP contribution in [-0.2, 0) is 30.3 Å². The Morgan fingerprint density at radius 2 is 1.70 bits per heavy atom. The van der Waals surface area contributed by atoms with E-state index in [1.165, 1.54) is 7.11 Å². The third-order valence-corrected chi connectivity index (χ3v) is 5.32. The number of rotatable bonds is 14. The number of amides is 2. The van der Waals surface area contributed by atoms with Gasteiger partial charge < -0.3 is 14.8 Å². The average Bonchev–Trinajstić information content (AvgIpc) is 2.85. The Bertz CT molecular complexity index is 862. The molecule has 0 spiro atoms. The molecule has 0 aliphatic carbocycles. The maximum absolute atomic E-state index is 13.5. The number of hydrogen-bond donors (Lipinski definition) is 2. The van der Waals surface area contributed by atoms with Gasteiger partial charge in [0.25, 0.3) is 0 Å². The van der Waals surface area contributed by atoms with E-state index in [4.69, 9.17) is 9.47 Å². The van der Waals surface area contributed by atoms with Gasteiger partial charge in [0.05, 0.1) is 18.6 Å². The average molecular weight is 457 g/mol. The van der Waals surface area contributed by atoms with E-state index in [9.17, 15) is 19.6 Å². The van der Waals surface area contributed by atoms with Crippen LogP contribution < -0.4 is 5.32 Å². The van der Waals surface area contributed by atoms with E-state index in [0.29, 0.717) is 29.9 Å². The quantitative estimate of drug-likeness (QED) is 0.149. The van der Waals surface area contributed by atoms with Crippen molar-refractivity contribution in [3.8, 4) is 0 Å². The van der Waals surface area contributed by atoms with Crippen LogP contribution in [0.1, 0.15) is 36.9 Å². The zero-order valence-electron chi connectivity index (χ0n) is 19.1. The van der Waals surface area contributed by atoms with Crippen molar-refractivity contribution in [1.82, 2.24) is 10.4 Å². The van der Waals surface area contributed by atoms with Crippen LogP contribution >= 0.6 is 0 Å². The Morgan fingerprint density at radius 1 is 1.06 bits per heavy atom. The summed E-state index contributed by atoms with van der Waals surface area (Å²) in [4.78, 5) is 37.7. The molecule has 0 saturated carbocycles.